The lowest BCUT2D eigenvalue weighted by atomic mass is 10.1. The summed E-state index contributed by atoms with van der Waals surface area (Å²) in [6, 6.07) is 13.3. The molecule has 8 heteroatoms. The van der Waals surface area contributed by atoms with Crippen molar-refractivity contribution in [2.45, 2.75) is 45.2 Å². The molecule has 1 atom stereocenters. The fourth-order valence-corrected chi connectivity index (χ4v) is 3.83. The summed E-state index contributed by atoms with van der Waals surface area (Å²) >= 11 is 0. The van der Waals surface area contributed by atoms with Gasteiger partial charge in [0.2, 0.25) is 0 Å². The van der Waals surface area contributed by atoms with E-state index in [4.69, 9.17) is 4.74 Å². The third-order valence-corrected chi connectivity index (χ3v) is 5.57. The monoisotopic (exact) mass is 545 g/mol. The maximum atomic E-state index is 11.8. The molecule has 2 rings (SSSR count). The van der Waals surface area contributed by atoms with Gasteiger partial charge in [-0.3, -0.25) is 0 Å². The molecule has 0 aliphatic heterocycles. The van der Waals surface area contributed by atoms with Gasteiger partial charge in [0.15, 0.2) is 15.8 Å². The van der Waals surface area contributed by atoms with E-state index in [9.17, 15) is 8.42 Å². The van der Waals surface area contributed by atoms with E-state index in [0.717, 1.165) is 23.4 Å². The van der Waals surface area contributed by atoms with Crippen LogP contribution in [0.2, 0.25) is 0 Å². The van der Waals surface area contributed by atoms with Gasteiger partial charge in [-0.2, -0.15) is 0 Å². The van der Waals surface area contributed by atoms with Crippen molar-refractivity contribution in [3.63, 3.8) is 0 Å². The molecule has 2 aromatic rings. The van der Waals surface area contributed by atoms with Gasteiger partial charge in [0.05, 0.1) is 18.0 Å². The van der Waals surface area contributed by atoms with E-state index >= 15 is 0 Å². The minimum Gasteiger partial charge on any atom is -0.489 e. The zero-order valence-corrected chi connectivity index (χ0v) is 21.4. The van der Waals surface area contributed by atoms with E-state index in [2.05, 4.69) is 15.6 Å². The van der Waals surface area contributed by atoms with Crippen molar-refractivity contribution in [2.24, 2.45) is 4.99 Å². The standard InChI is InChI=1S/C22H31N3O3S.HI/c1-6-23-22(24-14-18(4)28-20-10-7-16(2)8-11-20)25-15-19-9-12-21(17(3)13-19)29(5,26)27;/h7-13,18H,6,14-15H2,1-5H3,(H2,23,24,25);1H. The van der Waals surface area contributed by atoms with Crippen LogP contribution in [0.15, 0.2) is 52.4 Å². The van der Waals surface area contributed by atoms with Gasteiger partial charge in [-0.05, 0) is 57.0 Å². The summed E-state index contributed by atoms with van der Waals surface area (Å²) in [6.07, 6.45) is 1.19. The molecule has 0 saturated carbocycles. The predicted molar refractivity (Wildman–Crippen MR) is 134 cm³/mol. The topological polar surface area (TPSA) is 79.8 Å². The number of sulfone groups is 1. The number of nitrogens with zero attached hydrogens (tertiary/aromatic N) is 1. The van der Waals surface area contributed by atoms with Crippen molar-refractivity contribution in [3.8, 4) is 5.75 Å². The van der Waals surface area contributed by atoms with Crippen molar-refractivity contribution in [2.75, 3.05) is 19.3 Å². The summed E-state index contributed by atoms with van der Waals surface area (Å²) in [5.74, 6) is 1.53. The van der Waals surface area contributed by atoms with Gasteiger partial charge in [-0.15, -0.1) is 24.0 Å². The lowest BCUT2D eigenvalue weighted by molar-refractivity contribution is 0.224. The van der Waals surface area contributed by atoms with Gasteiger partial charge in [-0.1, -0.05) is 29.8 Å². The van der Waals surface area contributed by atoms with Gasteiger partial charge < -0.3 is 15.4 Å². The molecule has 1 unspecified atom stereocenters. The van der Waals surface area contributed by atoms with Crippen molar-refractivity contribution < 1.29 is 13.2 Å². The molecule has 0 heterocycles. The lowest BCUT2D eigenvalue weighted by Crippen LogP contribution is -2.41. The van der Waals surface area contributed by atoms with Crippen molar-refractivity contribution in [3.05, 3.63) is 59.2 Å². The number of aryl methyl sites for hydroxylation is 2. The molecule has 0 fully saturated rings. The molecule has 0 amide bonds. The predicted octanol–water partition coefficient (Wildman–Crippen LogP) is 3.85. The Morgan fingerprint density at radius 3 is 2.33 bits per heavy atom. The van der Waals surface area contributed by atoms with Gasteiger partial charge >= 0.3 is 0 Å². The molecule has 2 aromatic carbocycles. The SMILES string of the molecule is CCNC(=NCc1ccc(S(C)(=O)=O)c(C)c1)NCC(C)Oc1ccc(C)cc1.I. The van der Waals surface area contributed by atoms with Crippen LogP contribution in [0.25, 0.3) is 0 Å². The van der Waals surface area contributed by atoms with E-state index in [1.54, 1.807) is 19.1 Å². The molecule has 30 heavy (non-hydrogen) atoms. The van der Waals surface area contributed by atoms with E-state index in [-0.39, 0.29) is 30.1 Å². The number of hydrogen-bond acceptors (Lipinski definition) is 4. The van der Waals surface area contributed by atoms with Crippen LogP contribution in [-0.4, -0.2) is 39.8 Å². The van der Waals surface area contributed by atoms with E-state index < -0.39 is 9.84 Å². The number of nitrogens with one attached hydrogen (secondary N) is 2. The molecule has 0 saturated heterocycles. The fourth-order valence-electron chi connectivity index (χ4n) is 2.87. The quantitative estimate of drug-likeness (QED) is 0.300. The molecule has 0 bridgehead atoms. The first-order valence-electron chi connectivity index (χ1n) is 9.74. The van der Waals surface area contributed by atoms with Gasteiger partial charge in [-0.25, -0.2) is 13.4 Å². The zero-order valence-electron chi connectivity index (χ0n) is 18.2. The molecule has 0 aliphatic rings. The van der Waals surface area contributed by atoms with E-state index in [0.29, 0.717) is 23.9 Å². The number of ether oxygens (including phenoxy) is 1. The maximum Gasteiger partial charge on any atom is 0.191 e. The van der Waals surface area contributed by atoms with Crippen LogP contribution >= 0.6 is 24.0 Å². The second-order valence-corrected chi connectivity index (χ2v) is 9.17. The third kappa shape index (κ3) is 8.51. The summed E-state index contributed by atoms with van der Waals surface area (Å²) < 4.78 is 29.4. The highest BCUT2D eigenvalue weighted by atomic mass is 127. The summed E-state index contributed by atoms with van der Waals surface area (Å²) in [6.45, 7) is 9.66. The highest BCUT2D eigenvalue weighted by Gasteiger charge is 2.11. The Bertz CT molecular complexity index is 945. The highest BCUT2D eigenvalue weighted by Crippen LogP contribution is 2.17. The Labute approximate surface area is 197 Å². The average Bonchev–Trinajstić information content (AvgIpc) is 2.65. The molecule has 6 nitrogen and oxygen atoms in total. The molecule has 0 spiro atoms. The van der Waals surface area contributed by atoms with Gasteiger partial charge in [0.25, 0.3) is 0 Å². The Hall–Kier alpha value is -1.81. The van der Waals surface area contributed by atoms with Crippen LogP contribution in [0.5, 0.6) is 5.75 Å². The second kappa shape index (κ2) is 12.1. The van der Waals surface area contributed by atoms with Gasteiger partial charge in [0, 0.05) is 12.8 Å². The molecule has 0 aromatic heterocycles. The first-order chi connectivity index (χ1) is 13.7. The molecule has 166 valence electrons. The lowest BCUT2D eigenvalue weighted by Gasteiger charge is -2.18. The summed E-state index contributed by atoms with van der Waals surface area (Å²) in [5.41, 5.74) is 2.89. The maximum absolute atomic E-state index is 11.8. The molecular weight excluding hydrogens is 513 g/mol. The van der Waals surface area contributed by atoms with Crippen LogP contribution in [0, 0.1) is 13.8 Å². The summed E-state index contributed by atoms with van der Waals surface area (Å²) in [4.78, 5) is 4.96. The minimum absolute atomic E-state index is 0. The van der Waals surface area contributed by atoms with Crippen LogP contribution in [0.4, 0.5) is 0 Å². The van der Waals surface area contributed by atoms with Crippen molar-refractivity contribution in [1.29, 1.82) is 0 Å². The number of aliphatic imine (C=N–C) groups is 1. The van der Waals surface area contributed by atoms with Crippen LogP contribution < -0.4 is 15.4 Å². The Morgan fingerprint density at radius 1 is 1.10 bits per heavy atom. The van der Waals surface area contributed by atoms with Crippen LogP contribution in [0.1, 0.15) is 30.5 Å². The minimum atomic E-state index is -3.21. The number of hydrogen-bond donors (Lipinski definition) is 2. The average molecular weight is 545 g/mol. The Balaban J connectivity index is 0.00000450. The number of guanidine groups is 1. The van der Waals surface area contributed by atoms with Gasteiger partial charge in [0.1, 0.15) is 11.9 Å². The highest BCUT2D eigenvalue weighted by molar-refractivity contribution is 14.0. The number of rotatable bonds is 8. The number of halogens is 1. The normalized spacial score (nSPS) is 12.6. The first-order valence-corrected chi connectivity index (χ1v) is 11.6. The number of benzene rings is 2. The van der Waals surface area contributed by atoms with E-state index in [1.165, 1.54) is 11.8 Å². The van der Waals surface area contributed by atoms with E-state index in [1.807, 2.05) is 51.1 Å². The Kier molecular flexibility index (Phi) is 10.6. The largest absolute Gasteiger partial charge is 0.489 e. The third-order valence-electron chi connectivity index (χ3n) is 4.32. The summed E-state index contributed by atoms with van der Waals surface area (Å²) in [5, 5.41) is 6.51. The van der Waals surface area contributed by atoms with Crippen molar-refractivity contribution >= 4 is 39.8 Å². The fraction of sp³-hybridized carbons (Fsp3) is 0.409. The van der Waals surface area contributed by atoms with Crippen LogP contribution in [0.3, 0.4) is 0 Å². The molecule has 0 radical (unpaired) electrons. The molecule has 2 N–H and O–H groups in total. The van der Waals surface area contributed by atoms with Crippen LogP contribution in [-0.2, 0) is 16.4 Å². The first kappa shape index (κ1) is 26.2. The summed E-state index contributed by atoms with van der Waals surface area (Å²) in [7, 11) is -3.21. The van der Waals surface area contributed by atoms with Crippen molar-refractivity contribution in [1.82, 2.24) is 10.6 Å². The Morgan fingerprint density at radius 2 is 1.77 bits per heavy atom. The zero-order chi connectivity index (χ0) is 21.4. The smallest absolute Gasteiger partial charge is 0.191 e. The molecule has 0 aliphatic carbocycles. The molecular formula is C22H32IN3O3S. The second-order valence-electron chi connectivity index (χ2n) is 7.19.